The van der Waals surface area contributed by atoms with Gasteiger partial charge < -0.3 is 9.80 Å². The largest absolute Gasteiger partial charge is 0.338 e. The average Bonchev–Trinajstić information content (AvgIpc) is 3.46. The first-order chi connectivity index (χ1) is 16.5. The fourth-order valence-electron chi connectivity index (χ4n) is 5.24. The van der Waals surface area contributed by atoms with Crippen LogP contribution in [0.1, 0.15) is 42.7 Å². The predicted octanol–water partition coefficient (Wildman–Crippen LogP) is 4.79. The van der Waals surface area contributed by atoms with Crippen molar-refractivity contribution in [2.24, 2.45) is 5.92 Å². The quantitative estimate of drug-likeness (QED) is 0.575. The fraction of sp³-hybridized carbons (Fsp3) is 0.370. The maximum Gasteiger partial charge on any atom is 0.228 e. The Kier molecular flexibility index (Phi) is 6.17. The lowest BCUT2D eigenvalue weighted by molar-refractivity contribution is -0.136. The minimum Gasteiger partial charge on any atom is -0.338 e. The molecular formula is C27H29ClN4O2. The zero-order chi connectivity index (χ0) is 23.8. The Labute approximate surface area is 204 Å². The highest BCUT2D eigenvalue weighted by atomic mass is 35.5. The molecule has 0 saturated carbocycles. The summed E-state index contributed by atoms with van der Waals surface area (Å²) in [6, 6.07) is 13.8. The van der Waals surface area contributed by atoms with E-state index in [1.807, 2.05) is 34.1 Å². The van der Waals surface area contributed by atoms with Crippen molar-refractivity contribution in [3.05, 3.63) is 69.9 Å². The lowest BCUT2D eigenvalue weighted by atomic mass is 9.99. The highest BCUT2D eigenvalue weighted by Gasteiger charge is 2.39. The van der Waals surface area contributed by atoms with Crippen LogP contribution < -0.4 is 4.90 Å². The number of H-pyrrole nitrogens is 1. The molecule has 176 valence electrons. The summed E-state index contributed by atoms with van der Waals surface area (Å²) in [6.07, 6.45) is 2.70. The molecule has 1 saturated heterocycles. The van der Waals surface area contributed by atoms with Crippen LogP contribution in [0, 0.1) is 5.92 Å². The number of carbonyl (C=O) groups excluding carboxylic acids is 2. The van der Waals surface area contributed by atoms with Gasteiger partial charge in [0.2, 0.25) is 11.8 Å². The average molecular weight is 477 g/mol. The highest BCUT2D eigenvalue weighted by molar-refractivity contribution is 6.30. The zero-order valence-electron chi connectivity index (χ0n) is 19.6. The molecule has 1 unspecified atom stereocenters. The fourth-order valence-corrected chi connectivity index (χ4v) is 5.36. The Balaban J connectivity index is 1.36. The maximum absolute atomic E-state index is 13.6. The van der Waals surface area contributed by atoms with E-state index in [1.54, 1.807) is 0 Å². The van der Waals surface area contributed by atoms with Crippen molar-refractivity contribution in [1.82, 2.24) is 15.1 Å². The minimum absolute atomic E-state index is 0.0387. The summed E-state index contributed by atoms with van der Waals surface area (Å²) in [5.41, 5.74) is 7.28. The first kappa shape index (κ1) is 22.7. The molecule has 3 heterocycles. The van der Waals surface area contributed by atoms with E-state index in [2.05, 4.69) is 42.2 Å². The second kappa shape index (κ2) is 9.26. The summed E-state index contributed by atoms with van der Waals surface area (Å²) in [5, 5.41) is 8.35. The number of halogens is 1. The molecule has 0 spiro atoms. The van der Waals surface area contributed by atoms with Crippen LogP contribution in [0.2, 0.25) is 5.02 Å². The normalized spacial score (nSPS) is 17.9. The number of anilines is 1. The molecule has 2 aromatic carbocycles. The molecule has 1 N–H and O–H groups in total. The lowest BCUT2D eigenvalue weighted by Crippen LogP contribution is -2.40. The van der Waals surface area contributed by atoms with Crippen LogP contribution >= 0.6 is 11.6 Å². The lowest BCUT2D eigenvalue weighted by Gasteiger charge is -2.29. The second-order valence-electron chi connectivity index (χ2n) is 9.08. The monoisotopic (exact) mass is 476 g/mol. The van der Waals surface area contributed by atoms with Gasteiger partial charge in [-0.3, -0.25) is 14.7 Å². The molecule has 34 heavy (non-hydrogen) atoms. The van der Waals surface area contributed by atoms with E-state index in [9.17, 15) is 9.59 Å². The molecule has 1 fully saturated rings. The maximum atomic E-state index is 13.6. The van der Waals surface area contributed by atoms with Gasteiger partial charge in [0.15, 0.2) is 0 Å². The van der Waals surface area contributed by atoms with Crippen LogP contribution in [0.5, 0.6) is 0 Å². The SMILES string of the molecule is CCc1cccc(CC)c1N1CC(C(=O)N2CCc3[nH]nc(-c4ccc(Cl)cc4)c3C2)CC1=O. The van der Waals surface area contributed by atoms with E-state index in [1.165, 1.54) is 0 Å². The Hall–Kier alpha value is -3.12. The standard InChI is InChI=1S/C27H29ClN4O2/c1-3-17-6-5-7-18(4-2)26(17)32-15-20(14-24(32)33)27(34)31-13-12-23-22(16-31)25(30-29-23)19-8-10-21(28)11-9-19/h5-11,20H,3-4,12-16H2,1-2H3,(H,29,30). The molecule has 0 bridgehead atoms. The van der Waals surface area contributed by atoms with Crippen LogP contribution in [0.25, 0.3) is 11.3 Å². The first-order valence-corrected chi connectivity index (χ1v) is 12.4. The van der Waals surface area contributed by atoms with Crippen molar-refractivity contribution < 1.29 is 9.59 Å². The van der Waals surface area contributed by atoms with Crippen LogP contribution in [0.15, 0.2) is 42.5 Å². The third kappa shape index (κ3) is 4.00. The number of nitrogens with zero attached hydrogens (tertiary/aromatic N) is 3. The van der Waals surface area contributed by atoms with Crippen molar-refractivity contribution >= 4 is 29.1 Å². The van der Waals surface area contributed by atoms with Gasteiger partial charge in [0, 0.05) is 60.0 Å². The van der Waals surface area contributed by atoms with Crippen LogP contribution in [-0.4, -0.2) is 40.0 Å². The number of benzene rings is 2. The number of rotatable bonds is 5. The molecule has 1 atom stereocenters. The second-order valence-corrected chi connectivity index (χ2v) is 9.52. The van der Waals surface area contributed by atoms with E-state index < -0.39 is 0 Å². The van der Waals surface area contributed by atoms with Gasteiger partial charge in [-0.25, -0.2) is 0 Å². The number of aryl methyl sites for hydroxylation is 2. The van der Waals surface area contributed by atoms with Crippen molar-refractivity contribution in [3.8, 4) is 11.3 Å². The van der Waals surface area contributed by atoms with Crippen LogP contribution in [-0.2, 0) is 35.4 Å². The molecule has 5 rings (SSSR count). The first-order valence-electron chi connectivity index (χ1n) is 12.0. The number of carbonyl (C=O) groups is 2. The Bertz CT molecular complexity index is 1210. The van der Waals surface area contributed by atoms with Gasteiger partial charge in [0.25, 0.3) is 0 Å². The van der Waals surface area contributed by atoms with E-state index in [0.717, 1.165) is 58.6 Å². The van der Waals surface area contributed by atoms with Crippen LogP contribution in [0.3, 0.4) is 0 Å². The molecule has 6 nitrogen and oxygen atoms in total. The smallest absolute Gasteiger partial charge is 0.228 e. The Morgan fingerprint density at radius 3 is 2.50 bits per heavy atom. The van der Waals surface area contributed by atoms with Gasteiger partial charge >= 0.3 is 0 Å². The zero-order valence-corrected chi connectivity index (χ0v) is 20.4. The summed E-state index contributed by atoms with van der Waals surface area (Å²) in [6.45, 7) is 5.79. The molecule has 7 heteroatoms. The number of nitrogens with one attached hydrogen (secondary N) is 1. The van der Waals surface area contributed by atoms with Gasteiger partial charge in [-0.15, -0.1) is 0 Å². The van der Waals surface area contributed by atoms with E-state index in [4.69, 9.17) is 11.6 Å². The number of aromatic nitrogens is 2. The van der Waals surface area contributed by atoms with E-state index in [-0.39, 0.29) is 24.2 Å². The number of hydrogen-bond donors (Lipinski definition) is 1. The molecule has 2 aliphatic rings. The Morgan fingerprint density at radius 2 is 1.82 bits per heavy atom. The number of fused-ring (bicyclic) bond motifs is 1. The molecule has 0 aliphatic carbocycles. The number of amides is 2. The predicted molar refractivity (Wildman–Crippen MR) is 134 cm³/mol. The highest BCUT2D eigenvalue weighted by Crippen LogP contribution is 2.34. The van der Waals surface area contributed by atoms with Crippen molar-refractivity contribution in [1.29, 1.82) is 0 Å². The molecule has 0 radical (unpaired) electrons. The number of para-hydroxylation sites is 1. The minimum atomic E-state index is -0.324. The summed E-state index contributed by atoms with van der Waals surface area (Å²) < 4.78 is 0. The summed E-state index contributed by atoms with van der Waals surface area (Å²) in [7, 11) is 0. The molecule has 3 aromatic rings. The third-order valence-corrected chi connectivity index (χ3v) is 7.32. The molecular weight excluding hydrogens is 448 g/mol. The molecule has 2 aliphatic heterocycles. The van der Waals surface area contributed by atoms with Crippen LogP contribution in [0.4, 0.5) is 5.69 Å². The van der Waals surface area contributed by atoms with Gasteiger partial charge in [-0.2, -0.15) is 5.10 Å². The van der Waals surface area contributed by atoms with Crippen molar-refractivity contribution in [2.75, 3.05) is 18.0 Å². The van der Waals surface area contributed by atoms with Crippen molar-refractivity contribution in [3.63, 3.8) is 0 Å². The summed E-state index contributed by atoms with van der Waals surface area (Å²) in [5.74, 6) is -0.233. The van der Waals surface area contributed by atoms with Gasteiger partial charge in [-0.1, -0.05) is 55.8 Å². The molecule has 2 amide bonds. The Morgan fingerprint density at radius 1 is 1.12 bits per heavy atom. The number of aromatic amines is 1. The number of hydrogen-bond acceptors (Lipinski definition) is 3. The van der Waals surface area contributed by atoms with Gasteiger partial charge in [0.1, 0.15) is 0 Å². The summed E-state index contributed by atoms with van der Waals surface area (Å²) >= 11 is 6.05. The van der Waals surface area contributed by atoms with Crippen molar-refractivity contribution in [2.45, 2.75) is 46.1 Å². The van der Waals surface area contributed by atoms with E-state index in [0.29, 0.717) is 24.7 Å². The van der Waals surface area contributed by atoms with E-state index >= 15 is 0 Å². The third-order valence-electron chi connectivity index (χ3n) is 7.07. The van der Waals surface area contributed by atoms with Gasteiger partial charge in [0.05, 0.1) is 11.6 Å². The topological polar surface area (TPSA) is 69.3 Å². The van der Waals surface area contributed by atoms with Gasteiger partial charge in [-0.05, 0) is 36.1 Å². The molecule has 1 aromatic heterocycles. The summed E-state index contributed by atoms with van der Waals surface area (Å²) in [4.78, 5) is 30.4.